The van der Waals surface area contributed by atoms with Crippen molar-refractivity contribution in [1.82, 2.24) is 9.88 Å². The van der Waals surface area contributed by atoms with E-state index in [0.29, 0.717) is 23.6 Å². The fourth-order valence-corrected chi connectivity index (χ4v) is 11.1. The van der Waals surface area contributed by atoms with Crippen LogP contribution >= 0.6 is 23.1 Å². The lowest BCUT2D eigenvalue weighted by atomic mass is 9.68. The molecule has 3 aromatic rings. The number of hydrogen-bond acceptors (Lipinski definition) is 9. The van der Waals surface area contributed by atoms with Crippen LogP contribution in [0.15, 0.2) is 58.4 Å². The molecule has 2 saturated carbocycles. The van der Waals surface area contributed by atoms with E-state index in [2.05, 4.69) is 10.3 Å². The maximum absolute atomic E-state index is 13.8. The van der Waals surface area contributed by atoms with Gasteiger partial charge in [-0.15, -0.1) is 11.8 Å². The number of hydrogen-bond donors (Lipinski definition) is 3. The number of anilines is 1. The maximum atomic E-state index is 13.8. The molecule has 2 aromatic carbocycles. The molecule has 0 radical (unpaired) electrons. The Labute approximate surface area is 272 Å². The molecule has 3 N–H and O–H groups in total. The zero-order chi connectivity index (χ0) is 32.4. The number of amides is 3. The molecule has 4 aliphatic rings. The highest BCUT2D eigenvalue weighted by molar-refractivity contribution is 8.00. The van der Waals surface area contributed by atoms with Gasteiger partial charge >= 0.3 is 10.8 Å². The van der Waals surface area contributed by atoms with Crippen LogP contribution in [0, 0.1) is 35.5 Å². The van der Waals surface area contributed by atoms with E-state index < -0.39 is 29.8 Å². The van der Waals surface area contributed by atoms with Gasteiger partial charge in [-0.25, -0.2) is 4.79 Å². The summed E-state index contributed by atoms with van der Waals surface area (Å²) in [6, 6.07) is 13.2. The van der Waals surface area contributed by atoms with E-state index in [1.165, 1.54) is 11.3 Å². The number of aromatic nitrogens is 1. The summed E-state index contributed by atoms with van der Waals surface area (Å²) in [6.07, 6.45) is 0.711. The Morgan fingerprint density at radius 2 is 1.65 bits per heavy atom. The number of likely N-dealkylation sites (tertiary alicyclic amines) is 1. The second kappa shape index (κ2) is 11.6. The Bertz CT molecular complexity index is 1770. The number of H-pyrrole nitrogens is 1. The van der Waals surface area contributed by atoms with Gasteiger partial charge < -0.3 is 24.9 Å². The average molecular weight is 664 g/mol. The first-order valence-electron chi connectivity index (χ1n) is 15.2. The van der Waals surface area contributed by atoms with Gasteiger partial charge in [-0.05, 0) is 72.1 Å². The second-order valence-electron chi connectivity index (χ2n) is 12.7. The summed E-state index contributed by atoms with van der Waals surface area (Å²) in [6.45, 7) is 3.23. The fraction of sp³-hybridized carbons (Fsp3) is 0.424. The summed E-state index contributed by atoms with van der Waals surface area (Å²) < 4.78 is 10.9. The van der Waals surface area contributed by atoms with E-state index in [-0.39, 0.29) is 58.1 Å². The number of carboxylic acids is 1. The van der Waals surface area contributed by atoms with E-state index >= 15 is 0 Å². The molecule has 3 fully saturated rings. The van der Waals surface area contributed by atoms with Crippen molar-refractivity contribution in [2.45, 2.75) is 42.5 Å². The summed E-state index contributed by atoms with van der Waals surface area (Å²) >= 11 is 2.75. The summed E-state index contributed by atoms with van der Waals surface area (Å²) in [5.74, 6) is -3.00. The fourth-order valence-electron chi connectivity index (χ4n) is 8.17. The minimum atomic E-state index is -1.20. The lowest BCUT2D eigenvalue weighted by Gasteiger charge is -2.43. The number of benzene rings is 2. The molecule has 8 atom stereocenters. The monoisotopic (exact) mass is 663 g/mol. The molecule has 2 aliphatic heterocycles. The number of aliphatic carboxylic acids is 1. The van der Waals surface area contributed by atoms with E-state index in [1.54, 1.807) is 69.1 Å². The topological polar surface area (TPSA) is 155 Å². The van der Waals surface area contributed by atoms with Crippen molar-refractivity contribution in [3.05, 3.63) is 68.6 Å². The van der Waals surface area contributed by atoms with E-state index in [0.717, 1.165) is 20.4 Å². The van der Waals surface area contributed by atoms with Crippen LogP contribution < -0.4 is 19.7 Å². The van der Waals surface area contributed by atoms with Crippen molar-refractivity contribution >= 4 is 52.5 Å². The molecule has 3 amide bonds. The van der Waals surface area contributed by atoms with Gasteiger partial charge in [-0.3, -0.25) is 24.1 Å². The maximum Gasteiger partial charge on any atom is 0.327 e. The number of rotatable bonds is 9. The largest absolute Gasteiger partial charge is 0.497 e. The lowest BCUT2D eigenvalue weighted by Crippen LogP contribution is -2.49. The highest BCUT2D eigenvalue weighted by atomic mass is 32.2. The molecule has 240 valence electrons. The number of carboxylic acid groups (broad SMARTS) is 1. The van der Waals surface area contributed by atoms with Crippen LogP contribution in [0.25, 0.3) is 0 Å². The molecule has 46 heavy (non-hydrogen) atoms. The van der Waals surface area contributed by atoms with Crippen molar-refractivity contribution in [3.8, 4) is 11.5 Å². The van der Waals surface area contributed by atoms with Crippen molar-refractivity contribution in [1.29, 1.82) is 0 Å². The van der Waals surface area contributed by atoms with Gasteiger partial charge in [0.15, 0.2) is 6.61 Å². The van der Waals surface area contributed by atoms with E-state index in [1.807, 2.05) is 12.1 Å². The van der Waals surface area contributed by atoms with Crippen molar-refractivity contribution in [2.75, 3.05) is 19.0 Å². The van der Waals surface area contributed by atoms with Gasteiger partial charge in [0.25, 0.3) is 5.91 Å². The summed E-state index contributed by atoms with van der Waals surface area (Å²) in [5.41, 5.74) is 1.57. The molecule has 3 heterocycles. The predicted octanol–water partition coefficient (Wildman–Crippen LogP) is 4.05. The van der Waals surface area contributed by atoms with Gasteiger partial charge in [-0.1, -0.05) is 37.3 Å². The Kier molecular flexibility index (Phi) is 7.71. The summed E-state index contributed by atoms with van der Waals surface area (Å²) in [7, 11) is 1.57. The third-order valence-electron chi connectivity index (χ3n) is 9.90. The standard InChI is InChI=1S/C33H33N3O8S2/c1-14(2)26(32(40)41)36-30(38)24-19-12-20(25(24)31(36)39)27-23(19)22(28-29(45-27)35-33(42)46-28)15-4-8-18(9-5-15)44-13-21(37)34-16-6-10-17(43-3)11-7-16/h4-11,14,19-20,22-27H,12-13H2,1-3H3,(H,34,37)(H,35,42)(H,40,41)/t19?,20?,22-,23?,24?,25?,26?,27?/m1/s1. The molecule has 2 bridgehead atoms. The average Bonchev–Trinajstić information content (AvgIpc) is 3.76. The molecule has 1 aromatic heterocycles. The molecule has 7 unspecified atom stereocenters. The highest BCUT2D eigenvalue weighted by Gasteiger charge is 2.70. The molecular formula is C33H33N3O8S2. The van der Waals surface area contributed by atoms with Crippen molar-refractivity contribution < 1.29 is 33.8 Å². The molecule has 11 nitrogen and oxygen atoms in total. The number of imide groups is 1. The number of carbonyl (C=O) groups excluding carboxylic acids is 3. The van der Waals surface area contributed by atoms with Crippen LogP contribution in [-0.4, -0.2) is 63.7 Å². The van der Waals surface area contributed by atoms with Gasteiger partial charge in [0.2, 0.25) is 11.8 Å². The normalized spacial score (nSPS) is 28.1. The number of carbonyl (C=O) groups is 4. The number of aromatic amines is 1. The first-order chi connectivity index (χ1) is 22.1. The SMILES string of the molecule is COc1ccc(NC(=O)COc2ccc([C@H]3c4sc(=O)[nH]c4SC4C5CC(C6C(=O)N(C(C(=O)O)C(C)C)C(=O)C56)C43)cc2)cc1. The number of nitrogens with one attached hydrogen (secondary N) is 2. The van der Waals surface area contributed by atoms with Gasteiger partial charge in [0, 0.05) is 21.7 Å². The Morgan fingerprint density at radius 3 is 2.28 bits per heavy atom. The third-order valence-corrected chi connectivity index (χ3v) is 12.5. The number of thioether (sulfide) groups is 1. The van der Waals surface area contributed by atoms with Crippen LogP contribution in [0.3, 0.4) is 0 Å². The lowest BCUT2D eigenvalue weighted by molar-refractivity contribution is -0.157. The van der Waals surface area contributed by atoms with Gasteiger partial charge in [0.05, 0.1) is 24.0 Å². The summed E-state index contributed by atoms with van der Waals surface area (Å²) in [5, 5.41) is 13.5. The first-order valence-corrected chi connectivity index (χ1v) is 16.9. The van der Waals surface area contributed by atoms with E-state index in [9.17, 15) is 29.1 Å². The number of fused-ring (bicyclic) bond motifs is 9. The van der Waals surface area contributed by atoms with Crippen LogP contribution in [0.1, 0.15) is 36.6 Å². The minimum absolute atomic E-state index is 0.00870. The number of methoxy groups -OCH3 is 1. The van der Waals surface area contributed by atoms with E-state index in [4.69, 9.17) is 9.47 Å². The Morgan fingerprint density at radius 1 is 1.00 bits per heavy atom. The molecular weight excluding hydrogens is 631 g/mol. The first kappa shape index (κ1) is 30.5. The van der Waals surface area contributed by atoms with Gasteiger partial charge in [0.1, 0.15) is 17.5 Å². The number of nitrogens with zero attached hydrogens (tertiary/aromatic N) is 1. The third kappa shape index (κ3) is 4.91. The Balaban J connectivity index is 1.12. The number of ether oxygens (including phenoxy) is 2. The number of thiazole rings is 1. The van der Waals surface area contributed by atoms with Crippen LogP contribution in [0.4, 0.5) is 5.69 Å². The zero-order valence-corrected chi connectivity index (χ0v) is 26.9. The zero-order valence-electron chi connectivity index (χ0n) is 25.3. The molecule has 1 saturated heterocycles. The molecule has 2 aliphatic carbocycles. The quantitative estimate of drug-likeness (QED) is 0.288. The van der Waals surface area contributed by atoms with Gasteiger partial charge in [-0.2, -0.15) is 0 Å². The smallest absolute Gasteiger partial charge is 0.327 e. The predicted molar refractivity (Wildman–Crippen MR) is 170 cm³/mol. The molecule has 13 heteroatoms. The summed E-state index contributed by atoms with van der Waals surface area (Å²) in [4.78, 5) is 69.5. The van der Waals surface area contributed by atoms with Crippen molar-refractivity contribution in [3.63, 3.8) is 0 Å². The van der Waals surface area contributed by atoms with Crippen molar-refractivity contribution in [2.24, 2.45) is 35.5 Å². The second-order valence-corrected chi connectivity index (χ2v) is 14.9. The molecule has 7 rings (SSSR count). The Hall–Kier alpha value is -4.10. The van der Waals surface area contributed by atoms with Crippen LogP contribution in [0.2, 0.25) is 0 Å². The highest BCUT2D eigenvalue weighted by Crippen LogP contribution is 2.68. The van der Waals surface area contributed by atoms with Crippen LogP contribution in [0.5, 0.6) is 11.5 Å². The van der Waals surface area contributed by atoms with Crippen LogP contribution in [-0.2, 0) is 19.2 Å². The molecule has 0 spiro atoms. The minimum Gasteiger partial charge on any atom is -0.497 e.